The number of aliphatic hydroxyl groups is 1. The first kappa shape index (κ1) is 22.5. The Morgan fingerprint density at radius 1 is 1.22 bits per heavy atom. The molecular weight excluding hydrogens is 439 g/mol. The van der Waals surface area contributed by atoms with Gasteiger partial charge in [0.15, 0.2) is 0 Å². The van der Waals surface area contributed by atoms with Crippen LogP contribution in [0.15, 0.2) is 47.4 Å². The van der Waals surface area contributed by atoms with Crippen molar-refractivity contribution in [1.29, 1.82) is 0 Å². The molecule has 0 saturated carbocycles. The van der Waals surface area contributed by atoms with Gasteiger partial charge in [-0.05, 0) is 48.9 Å². The lowest BCUT2D eigenvalue weighted by atomic mass is 9.84. The number of carbonyl (C=O) groups is 1. The third-order valence-electron chi connectivity index (χ3n) is 5.78. The molecule has 0 bridgehead atoms. The Bertz CT molecular complexity index is 1110. The molecule has 1 fully saturated rings. The number of halogens is 1. The highest BCUT2D eigenvalue weighted by atomic mass is 32.2. The summed E-state index contributed by atoms with van der Waals surface area (Å²) in [6, 6.07) is 9.51. The molecule has 2 aromatic carbocycles. The van der Waals surface area contributed by atoms with Gasteiger partial charge in [0, 0.05) is 31.3 Å². The van der Waals surface area contributed by atoms with Crippen LogP contribution in [0, 0.1) is 5.82 Å². The molecule has 2 aliphatic rings. The minimum Gasteiger partial charge on any atom is -0.487 e. The summed E-state index contributed by atoms with van der Waals surface area (Å²) in [6.45, 7) is -0.258. The van der Waals surface area contributed by atoms with Crippen LogP contribution >= 0.6 is 0 Å². The predicted octanol–water partition coefficient (Wildman–Crippen LogP) is 2.10. The fourth-order valence-electron chi connectivity index (χ4n) is 4.16. The Labute approximate surface area is 186 Å². The number of hydrogen-bond donors (Lipinski definition) is 2. The molecule has 2 heterocycles. The Kier molecular flexibility index (Phi) is 6.11. The molecule has 1 saturated heterocycles. The monoisotopic (exact) mass is 464 g/mol. The van der Waals surface area contributed by atoms with Gasteiger partial charge >= 0.3 is 0 Å². The highest BCUT2D eigenvalue weighted by Gasteiger charge is 2.46. The van der Waals surface area contributed by atoms with E-state index in [9.17, 15) is 22.7 Å². The quantitative estimate of drug-likeness (QED) is 0.679. The van der Waals surface area contributed by atoms with E-state index in [4.69, 9.17) is 9.47 Å². The van der Waals surface area contributed by atoms with Crippen molar-refractivity contribution >= 4 is 21.6 Å². The Balaban J connectivity index is 1.57. The number of carbonyl (C=O) groups excluding carboxylic acids is 1. The zero-order valence-corrected chi connectivity index (χ0v) is 18.5. The van der Waals surface area contributed by atoms with Crippen molar-refractivity contribution in [3.8, 4) is 5.75 Å². The van der Waals surface area contributed by atoms with Crippen LogP contribution in [0.25, 0.3) is 0 Å². The largest absolute Gasteiger partial charge is 0.487 e. The maximum Gasteiger partial charge on any atom is 0.261 e. The van der Waals surface area contributed by atoms with Crippen LogP contribution in [-0.2, 0) is 19.6 Å². The summed E-state index contributed by atoms with van der Waals surface area (Å²) in [5, 5.41) is 9.81. The summed E-state index contributed by atoms with van der Waals surface area (Å²) in [4.78, 5) is 13.6. The average Bonchev–Trinajstić information content (AvgIpc) is 3.11. The van der Waals surface area contributed by atoms with Crippen LogP contribution in [0.1, 0.15) is 24.3 Å². The third kappa shape index (κ3) is 4.43. The van der Waals surface area contributed by atoms with E-state index in [1.807, 2.05) is 0 Å². The molecule has 2 aromatic rings. The molecule has 0 aliphatic carbocycles. The zero-order valence-electron chi connectivity index (χ0n) is 17.7. The lowest BCUT2D eigenvalue weighted by Gasteiger charge is -2.37. The van der Waals surface area contributed by atoms with Crippen LogP contribution in [0.5, 0.6) is 5.75 Å². The van der Waals surface area contributed by atoms with E-state index in [2.05, 4.69) is 4.72 Å². The number of ether oxygens (including phenoxy) is 2. The fraction of sp³-hybridized carbons (Fsp3) is 0.409. The Hall–Kier alpha value is -2.69. The normalized spacial score (nSPS) is 24.2. The van der Waals surface area contributed by atoms with Gasteiger partial charge in [-0.15, -0.1) is 0 Å². The molecule has 0 unspecified atom stereocenters. The van der Waals surface area contributed by atoms with Crippen molar-refractivity contribution in [2.24, 2.45) is 0 Å². The number of fused-ring (bicyclic) bond motifs is 3. The van der Waals surface area contributed by atoms with Gasteiger partial charge in [-0.2, -0.15) is 0 Å². The van der Waals surface area contributed by atoms with Crippen molar-refractivity contribution in [2.45, 2.75) is 42.0 Å². The number of rotatable bonds is 6. The van der Waals surface area contributed by atoms with Crippen molar-refractivity contribution < 1.29 is 32.2 Å². The van der Waals surface area contributed by atoms with Crippen LogP contribution in [-0.4, -0.2) is 63.3 Å². The number of sulfonamides is 1. The maximum atomic E-state index is 13.1. The van der Waals surface area contributed by atoms with Gasteiger partial charge in [0.25, 0.3) is 10.0 Å². The minimum absolute atomic E-state index is 0.0535. The second-order valence-electron chi connectivity index (χ2n) is 8.21. The fourth-order valence-corrected chi connectivity index (χ4v) is 5.21. The number of aliphatic hydroxyl groups excluding tert-OH is 1. The summed E-state index contributed by atoms with van der Waals surface area (Å²) >= 11 is 0. The Morgan fingerprint density at radius 2 is 1.94 bits per heavy atom. The highest BCUT2D eigenvalue weighted by molar-refractivity contribution is 7.92. The van der Waals surface area contributed by atoms with Gasteiger partial charge in [0.05, 0.1) is 24.0 Å². The molecule has 8 nitrogen and oxygen atoms in total. The minimum atomic E-state index is -3.90. The molecule has 172 valence electrons. The van der Waals surface area contributed by atoms with Gasteiger partial charge < -0.3 is 19.5 Å². The third-order valence-corrected chi connectivity index (χ3v) is 7.17. The summed E-state index contributed by atoms with van der Waals surface area (Å²) in [7, 11) is -0.558. The standard InChI is InChI=1S/C22H25FN2O6S/c1-25(2)21(27)11-15-10-18-17-9-14(5-8-19(17)31-22(18)20(12-26)30-15)24-32(28,29)16-6-3-13(23)4-7-16/h3-9,15,18,20,22,24,26H,10-12H2,1-2H3/t15-,18+,20-,22-/m0/s1. The number of amides is 1. The van der Waals surface area contributed by atoms with Crippen molar-refractivity contribution in [3.63, 3.8) is 0 Å². The first-order valence-corrected chi connectivity index (χ1v) is 11.7. The molecule has 10 heteroatoms. The van der Waals surface area contributed by atoms with Gasteiger partial charge in [-0.3, -0.25) is 9.52 Å². The molecule has 0 aromatic heterocycles. The van der Waals surface area contributed by atoms with Crippen LogP contribution < -0.4 is 9.46 Å². The van der Waals surface area contributed by atoms with Gasteiger partial charge in [0.1, 0.15) is 23.8 Å². The van der Waals surface area contributed by atoms with E-state index in [0.717, 1.165) is 17.7 Å². The second kappa shape index (κ2) is 8.68. The first-order chi connectivity index (χ1) is 15.2. The van der Waals surface area contributed by atoms with Crippen molar-refractivity contribution in [1.82, 2.24) is 4.90 Å². The van der Waals surface area contributed by atoms with Crippen molar-refractivity contribution in [2.75, 3.05) is 25.4 Å². The molecule has 1 amide bonds. The van der Waals surface area contributed by atoms with Gasteiger partial charge in [-0.1, -0.05) is 0 Å². The number of benzene rings is 2. The SMILES string of the molecule is CN(C)C(=O)C[C@@H]1C[C@@H]2c3cc(NS(=O)(=O)c4ccc(F)cc4)ccc3O[C@@H]2[C@H](CO)O1. The summed E-state index contributed by atoms with van der Waals surface area (Å²) < 4.78 is 52.9. The number of nitrogens with zero attached hydrogens (tertiary/aromatic N) is 1. The molecular formula is C22H25FN2O6S. The molecule has 0 radical (unpaired) electrons. The van der Waals surface area contributed by atoms with Crippen LogP contribution in [0.3, 0.4) is 0 Å². The lowest BCUT2D eigenvalue weighted by Crippen LogP contribution is -2.47. The molecule has 32 heavy (non-hydrogen) atoms. The number of anilines is 1. The first-order valence-electron chi connectivity index (χ1n) is 10.2. The van der Waals surface area contributed by atoms with E-state index in [1.165, 1.54) is 17.0 Å². The number of nitrogens with one attached hydrogen (secondary N) is 1. The summed E-state index contributed by atoms with van der Waals surface area (Å²) in [5.41, 5.74) is 1.13. The molecule has 2 N–H and O–H groups in total. The molecule has 4 atom stereocenters. The van der Waals surface area contributed by atoms with E-state index in [-0.39, 0.29) is 29.7 Å². The van der Waals surface area contributed by atoms with E-state index < -0.39 is 34.2 Å². The smallest absolute Gasteiger partial charge is 0.261 e. The van der Waals surface area contributed by atoms with E-state index in [1.54, 1.807) is 32.3 Å². The zero-order chi connectivity index (χ0) is 23.0. The lowest BCUT2D eigenvalue weighted by molar-refractivity contribution is -0.147. The highest BCUT2D eigenvalue weighted by Crippen LogP contribution is 2.47. The second-order valence-corrected chi connectivity index (χ2v) is 9.89. The topological polar surface area (TPSA) is 105 Å². The number of hydrogen-bond acceptors (Lipinski definition) is 6. The predicted molar refractivity (Wildman–Crippen MR) is 114 cm³/mol. The van der Waals surface area contributed by atoms with E-state index in [0.29, 0.717) is 17.9 Å². The maximum absolute atomic E-state index is 13.1. The molecule has 0 spiro atoms. The Morgan fingerprint density at radius 3 is 2.59 bits per heavy atom. The summed E-state index contributed by atoms with van der Waals surface area (Å²) in [5.74, 6) is -0.174. The molecule has 4 rings (SSSR count). The molecule has 2 aliphatic heterocycles. The van der Waals surface area contributed by atoms with Crippen molar-refractivity contribution in [3.05, 3.63) is 53.8 Å². The van der Waals surface area contributed by atoms with E-state index >= 15 is 0 Å². The van der Waals surface area contributed by atoms with Crippen LogP contribution in [0.4, 0.5) is 10.1 Å². The average molecular weight is 465 g/mol. The van der Waals surface area contributed by atoms with Gasteiger partial charge in [0.2, 0.25) is 5.91 Å². The van der Waals surface area contributed by atoms with Crippen LogP contribution in [0.2, 0.25) is 0 Å². The summed E-state index contributed by atoms with van der Waals surface area (Å²) in [6.07, 6.45) is -0.733. The van der Waals surface area contributed by atoms with Gasteiger partial charge in [-0.25, -0.2) is 12.8 Å².